The molecule has 0 N–H and O–H groups in total. The van der Waals surface area contributed by atoms with E-state index in [2.05, 4.69) is 41.5 Å². The normalized spacial score (nSPS) is 13.3. The molecular formula is C16H24N2S. The lowest BCUT2D eigenvalue weighted by molar-refractivity contribution is 0.604. The molecule has 2 heterocycles. The second-order valence-electron chi connectivity index (χ2n) is 7.35. The monoisotopic (exact) mass is 276 g/mol. The Morgan fingerprint density at radius 1 is 0.684 bits per heavy atom. The zero-order chi connectivity index (χ0) is 14.6. The van der Waals surface area contributed by atoms with Gasteiger partial charge in [-0.15, -0.1) is 11.3 Å². The van der Waals surface area contributed by atoms with Crippen LogP contribution in [0.25, 0.3) is 11.0 Å². The van der Waals surface area contributed by atoms with Crippen molar-refractivity contribution in [2.45, 2.75) is 66.2 Å². The first kappa shape index (κ1) is 14.4. The van der Waals surface area contributed by atoms with E-state index in [0.717, 1.165) is 22.4 Å². The van der Waals surface area contributed by atoms with Crippen molar-refractivity contribution in [3.8, 4) is 0 Å². The number of hydrogen-bond acceptors (Lipinski definition) is 3. The summed E-state index contributed by atoms with van der Waals surface area (Å²) in [7, 11) is 0. The van der Waals surface area contributed by atoms with Gasteiger partial charge < -0.3 is 0 Å². The van der Waals surface area contributed by atoms with Crippen LogP contribution in [0.4, 0.5) is 0 Å². The highest BCUT2D eigenvalue weighted by atomic mass is 32.1. The first-order valence-electron chi connectivity index (χ1n) is 6.80. The summed E-state index contributed by atoms with van der Waals surface area (Å²) in [5.74, 6) is 0. The average Bonchev–Trinajstić information content (AvgIpc) is 2.56. The van der Waals surface area contributed by atoms with E-state index in [0.29, 0.717) is 0 Å². The van der Waals surface area contributed by atoms with Crippen LogP contribution in [0.3, 0.4) is 0 Å². The molecule has 0 radical (unpaired) electrons. The van der Waals surface area contributed by atoms with Crippen LogP contribution in [0.5, 0.6) is 0 Å². The van der Waals surface area contributed by atoms with Gasteiger partial charge in [-0.1, -0.05) is 41.5 Å². The van der Waals surface area contributed by atoms with Crippen molar-refractivity contribution in [2.24, 2.45) is 0 Å². The van der Waals surface area contributed by atoms with E-state index < -0.39 is 0 Å². The van der Waals surface area contributed by atoms with Crippen molar-refractivity contribution >= 4 is 22.4 Å². The van der Waals surface area contributed by atoms with Crippen LogP contribution >= 0.6 is 11.3 Å². The van der Waals surface area contributed by atoms with Crippen molar-refractivity contribution in [2.75, 3.05) is 0 Å². The third-order valence-corrected chi connectivity index (χ3v) is 5.32. The van der Waals surface area contributed by atoms with Crippen molar-refractivity contribution in [1.82, 2.24) is 9.97 Å². The molecule has 0 bridgehead atoms. The van der Waals surface area contributed by atoms with Gasteiger partial charge in [0.1, 0.15) is 11.0 Å². The van der Waals surface area contributed by atoms with Gasteiger partial charge in [-0.25, -0.2) is 9.97 Å². The molecule has 2 aromatic rings. The predicted molar refractivity (Wildman–Crippen MR) is 84.3 cm³/mol. The van der Waals surface area contributed by atoms with Gasteiger partial charge in [-0.05, 0) is 24.7 Å². The number of aryl methyl sites for hydroxylation is 2. The van der Waals surface area contributed by atoms with Crippen LogP contribution in [-0.4, -0.2) is 9.97 Å². The molecule has 19 heavy (non-hydrogen) atoms. The summed E-state index contributed by atoms with van der Waals surface area (Å²) in [4.78, 5) is 12.3. The first-order chi connectivity index (χ1) is 8.51. The molecule has 0 spiro atoms. The molecule has 0 fully saturated rings. The van der Waals surface area contributed by atoms with E-state index in [9.17, 15) is 0 Å². The Balaban J connectivity index is 2.90. The van der Waals surface area contributed by atoms with Gasteiger partial charge in [0.15, 0.2) is 0 Å². The SMILES string of the molecule is Cc1nc2c(C(C)(C)C)sc(C(C)(C)C)c2nc1C. The van der Waals surface area contributed by atoms with Gasteiger partial charge in [-0.2, -0.15) is 0 Å². The van der Waals surface area contributed by atoms with Gasteiger partial charge >= 0.3 is 0 Å². The average molecular weight is 276 g/mol. The standard InChI is InChI=1S/C16H24N2S/c1-9-10(2)18-12-11(17-9)13(15(3,4)5)19-14(12)16(6,7)8/h1-8H3. The molecule has 0 saturated carbocycles. The second-order valence-corrected chi connectivity index (χ2v) is 8.37. The molecule has 0 aliphatic heterocycles. The molecule has 0 saturated heterocycles. The highest BCUT2D eigenvalue weighted by Crippen LogP contribution is 2.42. The summed E-state index contributed by atoms with van der Waals surface area (Å²) in [6, 6.07) is 0. The van der Waals surface area contributed by atoms with Crippen LogP contribution < -0.4 is 0 Å². The van der Waals surface area contributed by atoms with Gasteiger partial charge in [0.05, 0.1) is 11.4 Å². The summed E-state index contributed by atoms with van der Waals surface area (Å²) in [6.07, 6.45) is 0. The molecule has 0 aliphatic carbocycles. The van der Waals surface area contributed by atoms with Crippen LogP contribution in [0.15, 0.2) is 0 Å². The Kier molecular flexibility index (Phi) is 3.25. The third-order valence-electron chi connectivity index (χ3n) is 3.30. The minimum absolute atomic E-state index is 0.114. The Labute approximate surface area is 120 Å². The van der Waals surface area contributed by atoms with Crippen molar-refractivity contribution in [3.63, 3.8) is 0 Å². The van der Waals surface area contributed by atoms with Crippen molar-refractivity contribution < 1.29 is 0 Å². The lowest BCUT2D eigenvalue weighted by atomic mass is 9.91. The minimum Gasteiger partial charge on any atom is -0.248 e. The minimum atomic E-state index is 0.114. The first-order valence-corrected chi connectivity index (χ1v) is 7.62. The number of nitrogens with zero attached hydrogens (tertiary/aromatic N) is 2. The van der Waals surface area contributed by atoms with E-state index in [1.165, 1.54) is 9.75 Å². The maximum absolute atomic E-state index is 4.82. The maximum Gasteiger partial charge on any atom is 0.104 e. The zero-order valence-corrected chi connectivity index (χ0v) is 14.1. The second kappa shape index (κ2) is 4.27. The summed E-state index contributed by atoms with van der Waals surface area (Å²) < 4.78 is 0. The van der Waals surface area contributed by atoms with Crippen molar-refractivity contribution in [3.05, 3.63) is 21.1 Å². The number of rotatable bonds is 0. The molecule has 0 aromatic carbocycles. The largest absolute Gasteiger partial charge is 0.248 e. The molecule has 0 aliphatic rings. The molecule has 3 heteroatoms. The van der Waals surface area contributed by atoms with Crippen LogP contribution in [0.2, 0.25) is 0 Å². The lowest BCUT2D eigenvalue weighted by Crippen LogP contribution is -2.10. The Morgan fingerprint density at radius 2 is 1.00 bits per heavy atom. The van der Waals surface area contributed by atoms with Gasteiger partial charge in [0.2, 0.25) is 0 Å². The summed E-state index contributed by atoms with van der Waals surface area (Å²) >= 11 is 1.88. The highest BCUT2D eigenvalue weighted by Gasteiger charge is 2.29. The third kappa shape index (κ3) is 2.53. The number of thiophene rings is 1. The smallest absolute Gasteiger partial charge is 0.104 e. The summed E-state index contributed by atoms with van der Waals surface area (Å²) in [5.41, 5.74) is 4.51. The van der Waals surface area contributed by atoms with E-state index in [1.54, 1.807) is 0 Å². The van der Waals surface area contributed by atoms with E-state index in [-0.39, 0.29) is 10.8 Å². The fourth-order valence-electron chi connectivity index (χ4n) is 2.14. The van der Waals surface area contributed by atoms with E-state index >= 15 is 0 Å². The van der Waals surface area contributed by atoms with Crippen LogP contribution in [0.1, 0.15) is 62.7 Å². The van der Waals surface area contributed by atoms with E-state index in [4.69, 9.17) is 9.97 Å². The highest BCUT2D eigenvalue weighted by molar-refractivity contribution is 7.14. The molecule has 0 amide bonds. The molecule has 2 aromatic heterocycles. The quantitative estimate of drug-likeness (QED) is 0.683. The Hall–Kier alpha value is -0.960. The molecular weight excluding hydrogens is 252 g/mol. The maximum atomic E-state index is 4.82. The van der Waals surface area contributed by atoms with E-state index in [1.807, 2.05) is 25.2 Å². The predicted octanol–water partition coefficient (Wildman–Crippen LogP) is 4.90. The molecule has 2 rings (SSSR count). The topological polar surface area (TPSA) is 25.8 Å². The molecule has 104 valence electrons. The number of fused-ring (bicyclic) bond motifs is 1. The Bertz CT molecular complexity index is 571. The molecule has 0 unspecified atom stereocenters. The van der Waals surface area contributed by atoms with Crippen molar-refractivity contribution in [1.29, 1.82) is 0 Å². The summed E-state index contributed by atoms with van der Waals surface area (Å²) in [5, 5.41) is 0. The lowest BCUT2D eigenvalue weighted by Gasteiger charge is -2.18. The Morgan fingerprint density at radius 3 is 1.26 bits per heavy atom. The van der Waals surface area contributed by atoms with Crippen LogP contribution in [-0.2, 0) is 10.8 Å². The number of aromatic nitrogens is 2. The number of hydrogen-bond donors (Lipinski definition) is 0. The zero-order valence-electron chi connectivity index (χ0n) is 13.3. The summed E-state index contributed by atoms with van der Waals surface area (Å²) in [6.45, 7) is 17.6. The fraction of sp³-hybridized carbons (Fsp3) is 0.625. The van der Waals surface area contributed by atoms with Gasteiger partial charge in [-0.3, -0.25) is 0 Å². The molecule has 2 nitrogen and oxygen atoms in total. The fourth-order valence-corrected chi connectivity index (χ4v) is 3.43. The van der Waals surface area contributed by atoms with Gasteiger partial charge in [0, 0.05) is 9.75 Å². The molecule has 0 atom stereocenters. The van der Waals surface area contributed by atoms with Crippen LogP contribution in [0, 0.1) is 13.8 Å². The van der Waals surface area contributed by atoms with Gasteiger partial charge in [0.25, 0.3) is 0 Å².